The van der Waals surface area contributed by atoms with Crippen molar-refractivity contribution in [2.75, 3.05) is 0 Å². The smallest absolute Gasteiger partial charge is 0.269 e. The van der Waals surface area contributed by atoms with Crippen LogP contribution in [0.2, 0.25) is 5.02 Å². The zero-order chi connectivity index (χ0) is 17.5. The topological polar surface area (TPSA) is 69.6 Å². The quantitative estimate of drug-likeness (QED) is 0.416. The zero-order valence-electron chi connectivity index (χ0n) is 13.4. The maximum absolute atomic E-state index is 11.2. The fourth-order valence-corrected chi connectivity index (χ4v) is 2.47. The minimum atomic E-state index is -0.606. The van der Waals surface area contributed by atoms with Crippen molar-refractivity contribution in [3.8, 4) is 11.1 Å². The van der Waals surface area contributed by atoms with Gasteiger partial charge >= 0.3 is 0 Å². The molecule has 0 heterocycles. The van der Waals surface area contributed by atoms with Crippen molar-refractivity contribution >= 4 is 17.5 Å². The fraction of sp³-hybridized carbons (Fsp3) is 0.211. The van der Waals surface area contributed by atoms with E-state index in [1.807, 2.05) is 48.5 Å². The van der Waals surface area contributed by atoms with Crippen LogP contribution >= 0.6 is 11.6 Å². The summed E-state index contributed by atoms with van der Waals surface area (Å²) in [5.41, 5.74) is 4.94. The molecule has 1 atom stereocenters. The lowest BCUT2D eigenvalue weighted by Crippen LogP contribution is -2.19. The predicted octanol–water partition coefficient (Wildman–Crippen LogP) is 4.27. The Morgan fingerprint density at radius 2 is 1.67 bits per heavy atom. The summed E-state index contributed by atoms with van der Waals surface area (Å²) in [4.78, 5) is 11.2. The van der Waals surface area contributed by atoms with Crippen LogP contribution in [0.25, 0.3) is 11.1 Å². The van der Waals surface area contributed by atoms with Gasteiger partial charge < -0.3 is 5.11 Å². The summed E-state index contributed by atoms with van der Waals surface area (Å²) in [5, 5.41) is 19.5. The van der Waals surface area contributed by atoms with Gasteiger partial charge in [0, 0.05) is 10.6 Å². The number of amides is 1. The highest BCUT2D eigenvalue weighted by Gasteiger charge is 2.08. The van der Waals surface area contributed by atoms with Gasteiger partial charge in [-0.2, -0.15) is 0 Å². The van der Waals surface area contributed by atoms with Crippen molar-refractivity contribution in [2.45, 2.75) is 25.9 Å². The normalized spacial score (nSPS) is 12.8. The second-order valence-electron chi connectivity index (χ2n) is 5.55. The first-order valence-electron chi connectivity index (χ1n) is 7.66. The molecule has 2 rings (SSSR count). The van der Waals surface area contributed by atoms with Crippen molar-refractivity contribution in [3.05, 3.63) is 70.8 Å². The van der Waals surface area contributed by atoms with E-state index in [-0.39, 0.29) is 0 Å². The molecule has 2 aromatic carbocycles. The van der Waals surface area contributed by atoms with Gasteiger partial charge in [0.15, 0.2) is 0 Å². The molecule has 5 heteroatoms. The van der Waals surface area contributed by atoms with Crippen LogP contribution in [-0.2, 0) is 4.79 Å². The van der Waals surface area contributed by atoms with Gasteiger partial charge in [0.25, 0.3) is 5.91 Å². The highest BCUT2D eigenvalue weighted by molar-refractivity contribution is 6.30. The Morgan fingerprint density at radius 1 is 1.12 bits per heavy atom. The van der Waals surface area contributed by atoms with E-state index in [9.17, 15) is 9.90 Å². The summed E-state index contributed by atoms with van der Waals surface area (Å²) in [6.45, 7) is 1.61. The molecule has 0 spiro atoms. The molecule has 0 aliphatic rings. The molecule has 24 heavy (non-hydrogen) atoms. The van der Waals surface area contributed by atoms with Crippen molar-refractivity contribution in [1.29, 1.82) is 0 Å². The third kappa shape index (κ3) is 4.93. The molecule has 4 nitrogen and oxygen atoms in total. The Balaban J connectivity index is 1.97. The third-order valence-corrected chi connectivity index (χ3v) is 4.08. The molecule has 2 aromatic rings. The van der Waals surface area contributed by atoms with E-state index in [2.05, 4.69) is 0 Å². The van der Waals surface area contributed by atoms with E-state index < -0.39 is 12.0 Å². The number of aliphatic hydroxyl groups is 1. The predicted molar refractivity (Wildman–Crippen MR) is 94.8 cm³/mol. The molecule has 0 saturated heterocycles. The number of benzene rings is 2. The van der Waals surface area contributed by atoms with E-state index >= 15 is 0 Å². The second kappa shape index (κ2) is 8.64. The van der Waals surface area contributed by atoms with Crippen LogP contribution in [0.3, 0.4) is 0 Å². The van der Waals surface area contributed by atoms with Gasteiger partial charge in [0.2, 0.25) is 0 Å². The zero-order valence-corrected chi connectivity index (χ0v) is 14.1. The Bertz CT molecular complexity index is 708. The number of carbonyl (C=O) groups excluding carboxylic acids is 1. The highest BCUT2D eigenvalue weighted by atomic mass is 35.5. The Morgan fingerprint density at radius 3 is 2.21 bits per heavy atom. The molecule has 0 aromatic heterocycles. The molecule has 1 amide bonds. The lowest BCUT2D eigenvalue weighted by atomic mass is 9.99. The van der Waals surface area contributed by atoms with Crippen LogP contribution < -0.4 is 5.48 Å². The molecule has 0 bridgehead atoms. The first-order chi connectivity index (χ1) is 11.5. The van der Waals surface area contributed by atoms with Gasteiger partial charge in [-0.05, 0) is 48.6 Å². The number of allylic oxidation sites excluding steroid dienone is 1. The average molecular weight is 346 g/mol. The number of rotatable bonds is 6. The SMILES string of the molecule is CC(=CCCC(O)c1ccc(-c2ccc(Cl)cc2)cc1)C(=O)NO. The largest absolute Gasteiger partial charge is 0.388 e. The van der Waals surface area contributed by atoms with E-state index in [1.165, 1.54) is 0 Å². The Labute approximate surface area is 146 Å². The van der Waals surface area contributed by atoms with Crippen LogP contribution in [-0.4, -0.2) is 16.2 Å². The Hall–Kier alpha value is -2.14. The molecule has 0 fully saturated rings. The molecule has 1 unspecified atom stereocenters. The molecular weight excluding hydrogens is 326 g/mol. The fourth-order valence-electron chi connectivity index (χ4n) is 2.35. The number of hydroxylamine groups is 1. The van der Waals surface area contributed by atoms with E-state index in [4.69, 9.17) is 16.8 Å². The summed E-state index contributed by atoms with van der Waals surface area (Å²) in [6.07, 6.45) is 2.12. The monoisotopic (exact) mass is 345 g/mol. The highest BCUT2D eigenvalue weighted by Crippen LogP contribution is 2.25. The summed E-state index contributed by atoms with van der Waals surface area (Å²) in [7, 11) is 0. The summed E-state index contributed by atoms with van der Waals surface area (Å²) < 4.78 is 0. The second-order valence-corrected chi connectivity index (χ2v) is 5.99. The number of hydrogen-bond donors (Lipinski definition) is 3. The van der Waals surface area contributed by atoms with Crippen molar-refractivity contribution in [1.82, 2.24) is 5.48 Å². The maximum atomic E-state index is 11.2. The molecular formula is C19H20ClNO3. The maximum Gasteiger partial charge on any atom is 0.269 e. The lowest BCUT2D eigenvalue weighted by Gasteiger charge is -2.11. The lowest BCUT2D eigenvalue weighted by molar-refractivity contribution is -0.125. The first-order valence-corrected chi connectivity index (χ1v) is 8.04. The van der Waals surface area contributed by atoms with Gasteiger partial charge in [-0.3, -0.25) is 10.0 Å². The van der Waals surface area contributed by atoms with Crippen LogP contribution in [0.4, 0.5) is 0 Å². The van der Waals surface area contributed by atoms with Gasteiger partial charge in [-0.15, -0.1) is 0 Å². The van der Waals surface area contributed by atoms with Crippen LogP contribution in [0, 0.1) is 0 Å². The van der Waals surface area contributed by atoms with E-state index in [1.54, 1.807) is 18.5 Å². The van der Waals surface area contributed by atoms with Crippen LogP contribution in [0.15, 0.2) is 60.2 Å². The summed E-state index contributed by atoms with van der Waals surface area (Å²) in [6, 6.07) is 15.3. The van der Waals surface area contributed by atoms with Crippen molar-refractivity contribution in [3.63, 3.8) is 0 Å². The van der Waals surface area contributed by atoms with E-state index in [0.717, 1.165) is 16.7 Å². The number of carbonyl (C=O) groups is 1. The van der Waals surface area contributed by atoms with Gasteiger partial charge in [-0.25, -0.2) is 5.48 Å². The van der Waals surface area contributed by atoms with Gasteiger partial charge in [0.1, 0.15) is 0 Å². The van der Waals surface area contributed by atoms with Crippen LogP contribution in [0.5, 0.6) is 0 Å². The minimum Gasteiger partial charge on any atom is -0.388 e. The van der Waals surface area contributed by atoms with E-state index in [0.29, 0.717) is 23.4 Å². The third-order valence-electron chi connectivity index (χ3n) is 3.82. The van der Waals surface area contributed by atoms with Crippen LogP contribution in [0.1, 0.15) is 31.4 Å². The van der Waals surface area contributed by atoms with Crippen molar-refractivity contribution < 1.29 is 15.1 Å². The number of hydrogen-bond acceptors (Lipinski definition) is 3. The number of nitrogens with one attached hydrogen (secondary N) is 1. The molecule has 0 radical (unpaired) electrons. The Kier molecular flexibility index (Phi) is 6.55. The van der Waals surface area contributed by atoms with Crippen molar-refractivity contribution in [2.24, 2.45) is 0 Å². The summed E-state index contributed by atoms with van der Waals surface area (Å²) >= 11 is 5.89. The first kappa shape index (κ1) is 18.2. The molecule has 0 aliphatic heterocycles. The molecule has 0 aliphatic carbocycles. The van der Waals surface area contributed by atoms with Gasteiger partial charge in [0.05, 0.1) is 6.10 Å². The standard InChI is InChI=1S/C19H20ClNO3/c1-13(19(23)21-24)3-2-4-18(22)16-7-5-14(6-8-16)15-9-11-17(20)12-10-15/h3,5-12,18,22,24H,2,4H2,1H3,(H,21,23). The minimum absolute atomic E-state index is 0.419. The molecule has 3 N–H and O–H groups in total. The molecule has 0 saturated carbocycles. The summed E-state index contributed by atoms with van der Waals surface area (Å²) in [5.74, 6) is -0.531. The molecule has 126 valence electrons. The average Bonchev–Trinajstić information content (AvgIpc) is 2.61. The number of halogens is 1. The van der Waals surface area contributed by atoms with Gasteiger partial charge in [-0.1, -0.05) is 54.1 Å². The number of aliphatic hydroxyl groups excluding tert-OH is 1.